The summed E-state index contributed by atoms with van der Waals surface area (Å²) in [4.78, 5) is 2.60. The highest BCUT2D eigenvalue weighted by Gasteiger charge is 2.23. The van der Waals surface area contributed by atoms with Crippen LogP contribution in [0.2, 0.25) is 0 Å². The van der Waals surface area contributed by atoms with Crippen LogP contribution in [-0.4, -0.2) is 18.0 Å². The fraction of sp³-hybridized carbons (Fsp3) is 0.571. The van der Waals surface area contributed by atoms with Crippen LogP contribution in [0, 0.1) is 5.92 Å². The molecule has 1 aliphatic heterocycles. The van der Waals surface area contributed by atoms with Gasteiger partial charge in [0, 0.05) is 19.1 Å². The smallest absolute Gasteiger partial charge is 0.0322 e. The van der Waals surface area contributed by atoms with E-state index in [0.29, 0.717) is 6.04 Å². The van der Waals surface area contributed by atoms with Crippen molar-refractivity contribution in [3.05, 3.63) is 35.4 Å². The van der Waals surface area contributed by atoms with Crippen LogP contribution in [0.15, 0.2) is 24.3 Å². The van der Waals surface area contributed by atoms with Crippen LogP contribution in [0.4, 0.5) is 0 Å². The van der Waals surface area contributed by atoms with Gasteiger partial charge < -0.3 is 0 Å². The molecule has 1 aromatic rings. The molecule has 1 heteroatoms. The minimum Gasteiger partial charge on any atom is -0.296 e. The first-order chi connectivity index (χ1) is 7.18. The number of rotatable bonds is 2. The molecule has 0 unspecified atom stereocenters. The SMILES string of the molecule is CC(C)CN1CCc2ccccc2[C@H]1C. The van der Waals surface area contributed by atoms with E-state index in [4.69, 9.17) is 0 Å². The van der Waals surface area contributed by atoms with Crippen molar-refractivity contribution in [3.63, 3.8) is 0 Å². The van der Waals surface area contributed by atoms with Crippen molar-refractivity contribution in [2.24, 2.45) is 5.92 Å². The third-order valence-electron chi connectivity index (χ3n) is 3.32. The van der Waals surface area contributed by atoms with Crippen LogP contribution < -0.4 is 0 Å². The molecule has 1 atom stereocenters. The number of nitrogens with zero attached hydrogens (tertiary/aromatic N) is 1. The predicted molar refractivity (Wildman–Crippen MR) is 65.0 cm³/mol. The monoisotopic (exact) mass is 203 g/mol. The van der Waals surface area contributed by atoms with Gasteiger partial charge in [-0.25, -0.2) is 0 Å². The Morgan fingerprint density at radius 2 is 2.07 bits per heavy atom. The number of benzene rings is 1. The molecule has 0 bridgehead atoms. The average molecular weight is 203 g/mol. The van der Waals surface area contributed by atoms with Gasteiger partial charge in [-0.15, -0.1) is 0 Å². The second kappa shape index (κ2) is 4.36. The molecule has 0 aromatic heterocycles. The molecule has 0 amide bonds. The molecular weight excluding hydrogens is 182 g/mol. The van der Waals surface area contributed by atoms with E-state index in [0.717, 1.165) is 5.92 Å². The first kappa shape index (κ1) is 10.7. The van der Waals surface area contributed by atoms with Crippen LogP contribution in [-0.2, 0) is 6.42 Å². The third kappa shape index (κ3) is 2.23. The molecule has 1 aromatic carbocycles. The van der Waals surface area contributed by atoms with Crippen molar-refractivity contribution in [1.82, 2.24) is 4.90 Å². The van der Waals surface area contributed by atoms with Crippen molar-refractivity contribution in [2.75, 3.05) is 13.1 Å². The van der Waals surface area contributed by atoms with Crippen molar-refractivity contribution >= 4 is 0 Å². The van der Waals surface area contributed by atoms with Crippen LogP contribution in [0.5, 0.6) is 0 Å². The summed E-state index contributed by atoms with van der Waals surface area (Å²) in [5.74, 6) is 0.762. The van der Waals surface area contributed by atoms with E-state index in [1.165, 1.54) is 25.1 Å². The van der Waals surface area contributed by atoms with Crippen molar-refractivity contribution in [1.29, 1.82) is 0 Å². The Labute approximate surface area is 93.1 Å². The molecule has 0 saturated heterocycles. The van der Waals surface area contributed by atoms with Gasteiger partial charge in [0.15, 0.2) is 0 Å². The minimum atomic E-state index is 0.595. The van der Waals surface area contributed by atoms with Crippen molar-refractivity contribution < 1.29 is 0 Å². The predicted octanol–water partition coefficient (Wildman–Crippen LogP) is 3.26. The van der Waals surface area contributed by atoms with Gasteiger partial charge in [-0.1, -0.05) is 38.1 Å². The van der Waals surface area contributed by atoms with Gasteiger partial charge in [-0.3, -0.25) is 4.90 Å². The summed E-state index contributed by atoms with van der Waals surface area (Å²) in [6.45, 7) is 9.37. The van der Waals surface area contributed by atoms with E-state index >= 15 is 0 Å². The third-order valence-corrected chi connectivity index (χ3v) is 3.32. The number of hydrogen-bond acceptors (Lipinski definition) is 1. The van der Waals surface area contributed by atoms with Gasteiger partial charge in [0.2, 0.25) is 0 Å². The highest BCUT2D eigenvalue weighted by atomic mass is 15.2. The summed E-state index contributed by atoms with van der Waals surface area (Å²) in [5.41, 5.74) is 3.08. The van der Waals surface area contributed by atoms with Crippen LogP contribution in [0.1, 0.15) is 37.9 Å². The fourth-order valence-electron chi connectivity index (χ4n) is 2.54. The van der Waals surface area contributed by atoms with Gasteiger partial charge in [-0.05, 0) is 30.4 Å². The normalized spacial score (nSPS) is 21.7. The van der Waals surface area contributed by atoms with Crippen LogP contribution in [0.25, 0.3) is 0 Å². The lowest BCUT2D eigenvalue weighted by Gasteiger charge is -2.36. The number of hydrogen-bond donors (Lipinski definition) is 0. The Kier molecular flexibility index (Phi) is 3.11. The van der Waals surface area contributed by atoms with Crippen molar-refractivity contribution in [2.45, 2.75) is 33.2 Å². The molecular formula is C14H21N. The highest BCUT2D eigenvalue weighted by Crippen LogP contribution is 2.29. The van der Waals surface area contributed by atoms with Gasteiger partial charge >= 0.3 is 0 Å². The molecule has 82 valence electrons. The summed E-state index contributed by atoms with van der Waals surface area (Å²) in [6.07, 6.45) is 1.22. The number of fused-ring (bicyclic) bond motifs is 1. The van der Waals surface area contributed by atoms with Gasteiger partial charge in [0.1, 0.15) is 0 Å². The lowest BCUT2D eigenvalue weighted by atomic mass is 9.93. The van der Waals surface area contributed by atoms with Gasteiger partial charge in [0.05, 0.1) is 0 Å². The van der Waals surface area contributed by atoms with E-state index in [-0.39, 0.29) is 0 Å². The van der Waals surface area contributed by atoms with Crippen LogP contribution >= 0.6 is 0 Å². The first-order valence-corrected chi connectivity index (χ1v) is 6.00. The average Bonchev–Trinajstić information content (AvgIpc) is 2.22. The second-order valence-electron chi connectivity index (χ2n) is 5.01. The zero-order chi connectivity index (χ0) is 10.8. The molecule has 1 heterocycles. The van der Waals surface area contributed by atoms with E-state index in [2.05, 4.69) is 49.9 Å². The summed E-state index contributed by atoms with van der Waals surface area (Å²) in [5, 5.41) is 0. The molecule has 1 nitrogen and oxygen atoms in total. The van der Waals surface area contributed by atoms with Gasteiger partial charge in [0.25, 0.3) is 0 Å². The van der Waals surface area contributed by atoms with Crippen molar-refractivity contribution in [3.8, 4) is 0 Å². The zero-order valence-electron chi connectivity index (χ0n) is 10.0. The van der Waals surface area contributed by atoms with Gasteiger partial charge in [-0.2, -0.15) is 0 Å². The Balaban J connectivity index is 2.18. The summed E-state index contributed by atoms with van der Waals surface area (Å²) in [7, 11) is 0. The van der Waals surface area contributed by atoms with E-state index in [1.54, 1.807) is 5.56 Å². The van der Waals surface area contributed by atoms with E-state index < -0.39 is 0 Å². The maximum atomic E-state index is 2.60. The van der Waals surface area contributed by atoms with Crippen LogP contribution in [0.3, 0.4) is 0 Å². The maximum Gasteiger partial charge on any atom is 0.0322 e. The Morgan fingerprint density at radius 3 is 2.80 bits per heavy atom. The minimum absolute atomic E-state index is 0.595. The molecule has 2 rings (SSSR count). The highest BCUT2D eigenvalue weighted by molar-refractivity contribution is 5.31. The lowest BCUT2D eigenvalue weighted by molar-refractivity contribution is 0.177. The molecule has 0 aliphatic carbocycles. The first-order valence-electron chi connectivity index (χ1n) is 6.00. The molecule has 15 heavy (non-hydrogen) atoms. The van der Waals surface area contributed by atoms with E-state index in [1.807, 2.05) is 0 Å². The fourth-order valence-corrected chi connectivity index (χ4v) is 2.54. The second-order valence-corrected chi connectivity index (χ2v) is 5.01. The summed E-state index contributed by atoms with van der Waals surface area (Å²) < 4.78 is 0. The standard InChI is InChI=1S/C14H21N/c1-11(2)10-15-9-8-13-6-4-5-7-14(13)12(15)3/h4-7,11-12H,8-10H2,1-3H3/t12-/m1/s1. The lowest BCUT2D eigenvalue weighted by Crippen LogP contribution is -2.36. The summed E-state index contributed by atoms with van der Waals surface area (Å²) in [6, 6.07) is 9.47. The topological polar surface area (TPSA) is 3.24 Å². The zero-order valence-corrected chi connectivity index (χ0v) is 10.0. The molecule has 1 aliphatic rings. The molecule has 0 radical (unpaired) electrons. The molecule has 0 fully saturated rings. The Morgan fingerprint density at radius 1 is 1.33 bits per heavy atom. The Bertz CT molecular complexity index is 330. The Hall–Kier alpha value is -0.820. The molecule has 0 spiro atoms. The molecule has 0 saturated carbocycles. The largest absolute Gasteiger partial charge is 0.296 e. The summed E-state index contributed by atoms with van der Waals surface area (Å²) >= 11 is 0. The quantitative estimate of drug-likeness (QED) is 0.713. The van der Waals surface area contributed by atoms with E-state index in [9.17, 15) is 0 Å². The molecule has 0 N–H and O–H groups in total. The maximum absolute atomic E-state index is 2.60.